The second kappa shape index (κ2) is 4.91. The van der Waals surface area contributed by atoms with Crippen LogP contribution >= 0.6 is 0 Å². The molecule has 7 heteroatoms. The fourth-order valence-corrected chi connectivity index (χ4v) is 3.09. The first kappa shape index (κ1) is 12.4. The van der Waals surface area contributed by atoms with Crippen molar-refractivity contribution in [2.24, 2.45) is 5.73 Å². The van der Waals surface area contributed by atoms with Crippen LogP contribution in [0.25, 0.3) is 0 Å². The maximum absolute atomic E-state index is 11.6. The summed E-state index contributed by atoms with van der Waals surface area (Å²) in [7, 11) is -3.44. The average Bonchev–Trinajstić information content (AvgIpc) is 2.15. The standard InChI is InChI=1S/C8H16N2O4S/c9-7-2-1-4-10(6-7)15(13,14)5-3-8(11)12/h7H,1-6,9H2,(H,11,12). The molecule has 0 aliphatic carbocycles. The van der Waals surface area contributed by atoms with Gasteiger partial charge in [-0.2, -0.15) is 0 Å². The Morgan fingerprint density at radius 3 is 2.73 bits per heavy atom. The van der Waals surface area contributed by atoms with Gasteiger partial charge >= 0.3 is 5.97 Å². The van der Waals surface area contributed by atoms with Gasteiger partial charge in [-0.1, -0.05) is 0 Å². The predicted molar refractivity (Wildman–Crippen MR) is 54.8 cm³/mol. The van der Waals surface area contributed by atoms with Crippen LogP contribution in [0.1, 0.15) is 19.3 Å². The molecule has 0 spiro atoms. The smallest absolute Gasteiger partial charge is 0.304 e. The second-order valence-electron chi connectivity index (χ2n) is 3.72. The van der Waals surface area contributed by atoms with Crippen molar-refractivity contribution in [3.05, 3.63) is 0 Å². The molecule has 1 heterocycles. The Kier molecular flexibility index (Phi) is 4.06. The van der Waals surface area contributed by atoms with E-state index >= 15 is 0 Å². The molecule has 1 fully saturated rings. The van der Waals surface area contributed by atoms with Gasteiger partial charge in [-0.05, 0) is 12.8 Å². The van der Waals surface area contributed by atoms with Gasteiger partial charge in [-0.15, -0.1) is 0 Å². The van der Waals surface area contributed by atoms with Crippen LogP contribution in [-0.2, 0) is 14.8 Å². The number of carbonyl (C=O) groups is 1. The van der Waals surface area contributed by atoms with E-state index in [0.717, 1.165) is 12.8 Å². The van der Waals surface area contributed by atoms with Crippen molar-refractivity contribution < 1.29 is 18.3 Å². The van der Waals surface area contributed by atoms with E-state index in [9.17, 15) is 13.2 Å². The quantitative estimate of drug-likeness (QED) is 0.666. The monoisotopic (exact) mass is 236 g/mol. The van der Waals surface area contributed by atoms with Gasteiger partial charge in [0.2, 0.25) is 10.0 Å². The van der Waals surface area contributed by atoms with E-state index in [1.165, 1.54) is 4.31 Å². The van der Waals surface area contributed by atoms with Gasteiger partial charge in [-0.25, -0.2) is 12.7 Å². The molecule has 0 aromatic rings. The summed E-state index contributed by atoms with van der Waals surface area (Å²) in [6.07, 6.45) is 1.21. The molecule has 1 saturated heterocycles. The number of sulfonamides is 1. The van der Waals surface area contributed by atoms with Gasteiger partial charge < -0.3 is 10.8 Å². The van der Waals surface area contributed by atoms with Crippen LogP contribution in [0.3, 0.4) is 0 Å². The lowest BCUT2D eigenvalue weighted by Crippen LogP contribution is -2.46. The van der Waals surface area contributed by atoms with E-state index in [1.807, 2.05) is 0 Å². The minimum atomic E-state index is -3.44. The van der Waals surface area contributed by atoms with E-state index < -0.39 is 16.0 Å². The maximum atomic E-state index is 11.6. The summed E-state index contributed by atoms with van der Waals surface area (Å²) in [6, 6.07) is -0.127. The van der Waals surface area contributed by atoms with Crippen molar-refractivity contribution in [1.29, 1.82) is 0 Å². The van der Waals surface area contributed by atoms with Crippen molar-refractivity contribution >= 4 is 16.0 Å². The second-order valence-corrected chi connectivity index (χ2v) is 5.81. The molecule has 6 nitrogen and oxygen atoms in total. The first-order valence-corrected chi connectivity index (χ1v) is 6.48. The Bertz CT molecular complexity index is 328. The number of nitrogens with two attached hydrogens (primary N) is 1. The molecule has 0 aromatic heterocycles. The van der Waals surface area contributed by atoms with Crippen LogP contribution < -0.4 is 5.73 Å². The van der Waals surface area contributed by atoms with Gasteiger partial charge in [-0.3, -0.25) is 4.79 Å². The minimum absolute atomic E-state index is 0.127. The number of hydrogen-bond acceptors (Lipinski definition) is 4. The van der Waals surface area contributed by atoms with Crippen molar-refractivity contribution in [2.45, 2.75) is 25.3 Å². The molecular weight excluding hydrogens is 220 g/mol. The van der Waals surface area contributed by atoms with Gasteiger partial charge in [0.15, 0.2) is 0 Å². The van der Waals surface area contributed by atoms with E-state index in [1.54, 1.807) is 0 Å². The number of rotatable bonds is 4. The lowest BCUT2D eigenvalue weighted by Gasteiger charge is -2.29. The highest BCUT2D eigenvalue weighted by molar-refractivity contribution is 7.89. The lowest BCUT2D eigenvalue weighted by molar-refractivity contribution is -0.136. The Morgan fingerprint density at radius 2 is 2.20 bits per heavy atom. The zero-order valence-corrected chi connectivity index (χ0v) is 9.24. The van der Waals surface area contributed by atoms with Gasteiger partial charge in [0.25, 0.3) is 0 Å². The van der Waals surface area contributed by atoms with Crippen LogP contribution in [-0.4, -0.2) is 48.7 Å². The van der Waals surface area contributed by atoms with Crippen molar-refractivity contribution in [2.75, 3.05) is 18.8 Å². The van der Waals surface area contributed by atoms with Crippen molar-refractivity contribution in [1.82, 2.24) is 4.31 Å². The summed E-state index contributed by atoms with van der Waals surface area (Å²) in [5.74, 6) is -1.44. The summed E-state index contributed by atoms with van der Waals surface area (Å²) < 4.78 is 24.6. The number of piperidine rings is 1. The lowest BCUT2D eigenvalue weighted by atomic mass is 10.1. The summed E-state index contributed by atoms with van der Waals surface area (Å²) in [6.45, 7) is 0.762. The minimum Gasteiger partial charge on any atom is -0.481 e. The Morgan fingerprint density at radius 1 is 1.53 bits per heavy atom. The van der Waals surface area contributed by atoms with Crippen LogP contribution in [0, 0.1) is 0 Å². The highest BCUT2D eigenvalue weighted by Crippen LogP contribution is 2.13. The van der Waals surface area contributed by atoms with Crippen LogP contribution in [0.5, 0.6) is 0 Å². The number of nitrogens with zero attached hydrogens (tertiary/aromatic N) is 1. The molecule has 1 rings (SSSR count). The Labute approximate surface area is 89.1 Å². The third-order valence-corrected chi connectivity index (χ3v) is 4.23. The van der Waals surface area contributed by atoms with E-state index in [0.29, 0.717) is 13.1 Å². The maximum Gasteiger partial charge on any atom is 0.304 e. The summed E-state index contributed by atoms with van der Waals surface area (Å²) in [5.41, 5.74) is 5.66. The molecule has 0 saturated carbocycles. The fourth-order valence-electron chi connectivity index (χ4n) is 1.57. The molecule has 1 atom stereocenters. The zero-order chi connectivity index (χ0) is 11.5. The van der Waals surface area contributed by atoms with Crippen LogP contribution in [0.2, 0.25) is 0 Å². The van der Waals surface area contributed by atoms with Crippen LogP contribution in [0.4, 0.5) is 0 Å². The highest BCUT2D eigenvalue weighted by atomic mass is 32.2. The van der Waals surface area contributed by atoms with E-state index in [4.69, 9.17) is 10.8 Å². The van der Waals surface area contributed by atoms with Crippen molar-refractivity contribution in [3.63, 3.8) is 0 Å². The molecule has 0 amide bonds. The molecule has 0 bridgehead atoms. The summed E-state index contributed by atoms with van der Waals surface area (Å²) in [5, 5.41) is 8.42. The normalized spacial score (nSPS) is 23.9. The number of hydrogen-bond donors (Lipinski definition) is 2. The fraction of sp³-hybridized carbons (Fsp3) is 0.875. The highest BCUT2D eigenvalue weighted by Gasteiger charge is 2.27. The molecule has 0 radical (unpaired) electrons. The molecular formula is C8H16N2O4S. The van der Waals surface area contributed by atoms with E-state index in [-0.39, 0.29) is 18.2 Å². The number of aliphatic carboxylic acids is 1. The Hall–Kier alpha value is -0.660. The molecule has 88 valence electrons. The zero-order valence-electron chi connectivity index (χ0n) is 8.42. The van der Waals surface area contributed by atoms with Gasteiger partial charge in [0, 0.05) is 19.1 Å². The van der Waals surface area contributed by atoms with Crippen LogP contribution in [0.15, 0.2) is 0 Å². The SMILES string of the molecule is NC1CCCN(S(=O)(=O)CCC(=O)O)C1. The van der Waals surface area contributed by atoms with Gasteiger partial charge in [0.1, 0.15) is 0 Å². The van der Waals surface area contributed by atoms with E-state index in [2.05, 4.69) is 0 Å². The summed E-state index contributed by atoms with van der Waals surface area (Å²) in [4.78, 5) is 10.3. The molecule has 1 aliphatic heterocycles. The third kappa shape index (κ3) is 3.77. The first-order valence-electron chi connectivity index (χ1n) is 4.87. The summed E-state index contributed by atoms with van der Waals surface area (Å²) >= 11 is 0. The average molecular weight is 236 g/mol. The number of carboxylic acids is 1. The topological polar surface area (TPSA) is 101 Å². The largest absolute Gasteiger partial charge is 0.481 e. The van der Waals surface area contributed by atoms with Gasteiger partial charge in [0.05, 0.1) is 12.2 Å². The molecule has 3 N–H and O–H groups in total. The molecule has 0 aromatic carbocycles. The third-order valence-electron chi connectivity index (χ3n) is 2.39. The first-order chi connectivity index (χ1) is 6.92. The van der Waals surface area contributed by atoms with Crippen molar-refractivity contribution in [3.8, 4) is 0 Å². The Balaban J connectivity index is 2.56. The predicted octanol–water partition coefficient (Wildman–Crippen LogP) is -0.786. The number of carboxylic acid groups (broad SMARTS) is 1. The molecule has 15 heavy (non-hydrogen) atoms. The molecule has 1 unspecified atom stereocenters. The molecule has 1 aliphatic rings.